The lowest BCUT2D eigenvalue weighted by molar-refractivity contribution is -0.155. The number of carbonyl (C=O) groups excluding carboxylic acids is 2. The number of anilines is 2. The summed E-state index contributed by atoms with van der Waals surface area (Å²) in [6.07, 6.45) is 0.0563. The van der Waals surface area contributed by atoms with Crippen molar-refractivity contribution < 1.29 is 19.1 Å². The van der Waals surface area contributed by atoms with Gasteiger partial charge < -0.3 is 20.1 Å². The van der Waals surface area contributed by atoms with Crippen LogP contribution in [-0.2, 0) is 14.3 Å². The van der Waals surface area contributed by atoms with E-state index in [-0.39, 0.29) is 25.7 Å². The average Bonchev–Trinajstić information content (AvgIpc) is 2.67. The highest BCUT2D eigenvalue weighted by Crippen LogP contribution is 2.31. The van der Waals surface area contributed by atoms with Crippen LogP contribution < -0.4 is 10.6 Å². The lowest BCUT2D eigenvalue weighted by Gasteiger charge is -2.24. The molecule has 2 aromatic rings. The molecule has 1 amide bonds. The van der Waals surface area contributed by atoms with Crippen molar-refractivity contribution in [3.63, 3.8) is 0 Å². The quantitative estimate of drug-likeness (QED) is 0.141. The van der Waals surface area contributed by atoms with Crippen molar-refractivity contribution in [1.29, 1.82) is 0 Å². The van der Waals surface area contributed by atoms with Crippen molar-refractivity contribution >= 4 is 91.0 Å². The van der Waals surface area contributed by atoms with E-state index in [2.05, 4.69) is 67.8 Å². The van der Waals surface area contributed by atoms with Gasteiger partial charge in [0.25, 0.3) is 5.91 Å². The zero-order valence-corrected chi connectivity index (χ0v) is 21.6. The van der Waals surface area contributed by atoms with Crippen molar-refractivity contribution in [2.45, 2.75) is 13.3 Å². The van der Waals surface area contributed by atoms with E-state index in [1.807, 2.05) is 43.3 Å². The van der Waals surface area contributed by atoms with E-state index >= 15 is 0 Å². The number of ether oxygens (including phenoxy) is 2. The summed E-state index contributed by atoms with van der Waals surface area (Å²) in [5.74, 6) is -0.630. The molecule has 0 radical (unpaired) electrons. The summed E-state index contributed by atoms with van der Waals surface area (Å²) < 4.78 is 12.5. The molecule has 2 rings (SSSR count). The summed E-state index contributed by atoms with van der Waals surface area (Å²) in [5.41, 5.74) is 7.95. The molecule has 0 atom stereocenters. The Kier molecular flexibility index (Phi) is 9.69. The minimum Gasteiger partial charge on any atom is -0.438 e. The summed E-state index contributed by atoms with van der Waals surface area (Å²) in [6.45, 7) is 2.39. The number of rotatable bonds is 8. The molecule has 0 aliphatic rings. The number of halogens is 3. The summed E-state index contributed by atoms with van der Waals surface area (Å²) in [7, 11) is 0. The molecular weight excluding hydrogens is 701 g/mol. The largest absolute Gasteiger partial charge is 0.438 e. The van der Waals surface area contributed by atoms with Crippen LogP contribution in [0.15, 0.2) is 36.4 Å². The Balaban J connectivity index is 2.29. The third kappa shape index (κ3) is 6.16. The summed E-state index contributed by atoms with van der Waals surface area (Å²) >= 11 is 6.39. The third-order valence-corrected chi connectivity index (χ3v) is 6.64. The van der Waals surface area contributed by atoms with Gasteiger partial charge in [0.05, 0.1) is 21.2 Å². The van der Waals surface area contributed by atoms with Gasteiger partial charge in [-0.3, -0.25) is 9.59 Å². The van der Waals surface area contributed by atoms with Gasteiger partial charge >= 0.3 is 5.97 Å². The number of hydrogen-bond donors (Lipinski definition) is 1. The number of nitrogens with zero attached hydrogens (tertiary/aromatic N) is 1. The Morgan fingerprint density at radius 1 is 1.11 bits per heavy atom. The molecule has 0 saturated carbocycles. The van der Waals surface area contributed by atoms with Crippen LogP contribution in [0.5, 0.6) is 0 Å². The first-order valence-electron chi connectivity index (χ1n) is 8.40. The topological polar surface area (TPSA) is 81.9 Å². The van der Waals surface area contributed by atoms with Gasteiger partial charge in [-0.25, -0.2) is 0 Å². The van der Waals surface area contributed by atoms with E-state index in [0.29, 0.717) is 27.1 Å². The van der Waals surface area contributed by atoms with Crippen LogP contribution in [-0.4, -0.2) is 31.8 Å². The average molecular weight is 720 g/mol. The standard InChI is InChI=1S/C19H19I3N2O4/c1-2-27-11-28-15(25)8-9-24(12-6-4-3-5-7-12)19(26)16-13(20)10-14(21)18(23)17(16)22/h3-7,10H,2,8-9,11,23H2,1H3. The van der Waals surface area contributed by atoms with Gasteiger partial charge in [-0.15, -0.1) is 0 Å². The van der Waals surface area contributed by atoms with Gasteiger partial charge in [0, 0.05) is 26.0 Å². The lowest BCUT2D eigenvalue weighted by Crippen LogP contribution is -2.34. The lowest BCUT2D eigenvalue weighted by atomic mass is 10.1. The first-order valence-corrected chi connectivity index (χ1v) is 11.6. The molecule has 0 fully saturated rings. The summed E-state index contributed by atoms with van der Waals surface area (Å²) in [4.78, 5) is 27.0. The van der Waals surface area contributed by atoms with E-state index in [1.165, 1.54) is 0 Å². The van der Waals surface area contributed by atoms with Gasteiger partial charge in [-0.2, -0.15) is 0 Å². The molecular formula is C19H19I3N2O4. The minimum absolute atomic E-state index is 0.0563. The van der Waals surface area contributed by atoms with Crippen LogP contribution in [0.4, 0.5) is 11.4 Å². The fourth-order valence-corrected chi connectivity index (χ4v) is 6.19. The number of amides is 1. The Labute approximate surface area is 204 Å². The Bertz CT molecular complexity index is 847. The van der Waals surface area contributed by atoms with Gasteiger partial charge in [0.2, 0.25) is 0 Å². The number of para-hydroxylation sites is 1. The molecule has 0 aromatic heterocycles. The Morgan fingerprint density at radius 2 is 1.79 bits per heavy atom. The van der Waals surface area contributed by atoms with Gasteiger partial charge in [0.1, 0.15) is 0 Å². The monoisotopic (exact) mass is 720 g/mol. The van der Waals surface area contributed by atoms with Crippen molar-refractivity contribution in [2.75, 3.05) is 30.6 Å². The fraction of sp³-hybridized carbons (Fsp3) is 0.263. The first kappa shape index (κ1) is 23.6. The van der Waals surface area contributed by atoms with Crippen LogP contribution in [0.3, 0.4) is 0 Å². The van der Waals surface area contributed by atoms with Crippen LogP contribution in [0.25, 0.3) is 0 Å². The number of carbonyl (C=O) groups is 2. The molecule has 0 aliphatic carbocycles. The molecule has 9 heteroatoms. The van der Waals surface area contributed by atoms with Gasteiger partial charge in [0.15, 0.2) is 6.79 Å². The maximum atomic E-state index is 13.4. The second-order valence-corrected chi connectivity index (χ2v) is 9.02. The van der Waals surface area contributed by atoms with Crippen LogP contribution in [0, 0.1) is 10.7 Å². The molecule has 0 spiro atoms. The number of nitrogen functional groups attached to an aromatic ring is 1. The van der Waals surface area contributed by atoms with E-state index in [1.54, 1.807) is 4.90 Å². The Hall–Kier alpha value is -0.670. The highest BCUT2D eigenvalue weighted by Gasteiger charge is 2.25. The van der Waals surface area contributed by atoms with Crippen LogP contribution >= 0.6 is 67.8 Å². The fourth-order valence-electron chi connectivity index (χ4n) is 2.36. The minimum atomic E-state index is -0.423. The maximum Gasteiger partial charge on any atom is 0.309 e. The first-order chi connectivity index (χ1) is 13.4. The van der Waals surface area contributed by atoms with Gasteiger partial charge in [-0.1, -0.05) is 18.2 Å². The zero-order valence-electron chi connectivity index (χ0n) is 15.1. The third-order valence-electron chi connectivity index (χ3n) is 3.78. The van der Waals surface area contributed by atoms with Crippen molar-refractivity contribution in [2.24, 2.45) is 0 Å². The SMILES string of the molecule is CCOCOC(=O)CCN(C(=O)c1c(I)cc(I)c(N)c1I)c1ccccc1. The zero-order chi connectivity index (χ0) is 20.7. The van der Waals surface area contributed by atoms with E-state index in [0.717, 1.165) is 7.14 Å². The molecule has 0 bridgehead atoms. The normalized spacial score (nSPS) is 10.6. The molecule has 150 valence electrons. The predicted molar refractivity (Wildman–Crippen MR) is 134 cm³/mol. The van der Waals surface area contributed by atoms with Crippen LogP contribution in [0.2, 0.25) is 0 Å². The maximum absolute atomic E-state index is 13.4. The van der Waals surface area contributed by atoms with Crippen molar-refractivity contribution in [3.05, 3.63) is 52.7 Å². The summed E-state index contributed by atoms with van der Waals surface area (Å²) in [6, 6.07) is 11.1. The number of esters is 1. The Morgan fingerprint density at radius 3 is 2.43 bits per heavy atom. The van der Waals surface area contributed by atoms with E-state index < -0.39 is 5.97 Å². The molecule has 0 heterocycles. The number of hydrogen-bond acceptors (Lipinski definition) is 5. The number of nitrogens with two attached hydrogens (primary N) is 1. The smallest absolute Gasteiger partial charge is 0.309 e. The molecule has 2 aromatic carbocycles. The second-order valence-electron chi connectivity index (χ2n) is 5.61. The van der Waals surface area contributed by atoms with E-state index in [9.17, 15) is 9.59 Å². The van der Waals surface area contributed by atoms with Gasteiger partial charge in [-0.05, 0) is 92.9 Å². The highest BCUT2D eigenvalue weighted by molar-refractivity contribution is 14.1. The van der Waals surface area contributed by atoms with Crippen molar-refractivity contribution in [3.8, 4) is 0 Å². The van der Waals surface area contributed by atoms with Crippen LogP contribution in [0.1, 0.15) is 23.7 Å². The van der Waals surface area contributed by atoms with Crippen molar-refractivity contribution in [1.82, 2.24) is 0 Å². The summed E-state index contributed by atoms with van der Waals surface area (Å²) in [5, 5.41) is 0. The van der Waals surface area contributed by atoms with E-state index in [4.69, 9.17) is 15.2 Å². The highest BCUT2D eigenvalue weighted by atomic mass is 127. The molecule has 0 unspecified atom stereocenters. The molecule has 0 saturated heterocycles. The second kappa shape index (κ2) is 11.5. The molecule has 28 heavy (non-hydrogen) atoms. The molecule has 6 nitrogen and oxygen atoms in total. The predicted octanol–water partition coefficient (Wildman–Crippen LogP) is 4.66. The molecule has 0 aliphatic heterocycles. The molecule has 2 N–H and O–H groups in total. The number of benzene rings is 2.